The van der Waals surface area contributed by atoms with Crippen molar-refractivity contribution in [2.45, 2.75) is 33.9 Å². The van der Waals surface area contributed by atoms with Crippen LogP contribution in [0.25, 0.3) is 11.3 Å². The smallest absolute Gasteiger partial charge is 0.255 e. The zero-order valence-corrected chi connectivity index (χ0v) is 12.7. The van der Waals surface area contributed by atoms with E-state index in [0.717, 1.165) is 16.8 Å². The highest BCUT2D eigenvalue weighted by atomic mass is 16.1. The Morgan fingerprint density at radius 2 is 1.90 bits per heavy atom. The molecule has 0 unspecified atom stereocenters. The second-order valence-corrected chi connectivity index (χ2v) is 5.14. The van der Waals surface area contributed by atoms with Crippen molar-refractivity contribution < 1.29 is 0 Å². The number of rotatable bonds is 4. The molecule has 20 heavy (non-hydrogen) atoms. The number of hydrogen-bond donors (Lipinski definition) is 1. The standard InChI is InChI=1S/C17H22N2O/c1-5-19-16(9-7-14(11-18-4)17(19)20)15-8-6-12(2)10-13(15)3/h6-10,18H,5,11H2,1-4H3. The lowest BCUT2D eigenvalue weighted by Gasteiger charge is -2.15. The molecule has 3 heteroatoms. The van der Waals surface area contributed by atoms with Gasteiger partial charge in [0.2, 0.25) is 0 Å². The normalized spacial score (nSPS) is 10.8. The van der Waals surface area contributed by atoms with Crippen molar-refractivity contribution in [2.24, 2.45) is 0 Å². The molecule has 0 radical (unpaired) electrons. The maximum Gasteiger partial charge on any atom is 0.255 e. The first-order chi connectivity index (χ1) is 9.58. The molecule has 0 saturated heterocycles. The predicted octanol–water partition coefficient (Wildman–Crippen LogP) is 2.87. The summed E-state index contributed by atoms with van der Waals surface area (Å²) in [6, 6.07) is 10.3. The van der Waals surface area contributed by atoms with Gasteiger partial charge in [-0.05, 0) is 39.4 Å². The zero-order valence-electron chi connectivity index (χ0n) is 12.7. The average molecular weight is 270 g/mol. The molecule has 0 aliphatic rings. The summed E-state index contributed by atoms with van der Waals surface area (Å²) in [6.45, 7) is 7.47. The van der Waals surface area contributed by atoms with Gasteiger partial charge >= 0.3 is 0 Å². The zero-order chi connectivity index (χ0) is 14.7. The van der Waals surface area contributed by atoms with E-state index >= 15 is 0 Å². The molecule has 2 rings (SSSR count). The van der Waals surface area contributed by atoms with E-state index in [1.165, 1.54) is 11.1 Å². The Morgan fingerprint density at radius 3 is 2.50 bits per heavy atom. The van der Waals surface area contributed by atoms with Gasteiger partial charge in [0.25, 0.3) is 5.56 Å². The van der Waals surface area contributed by atoms with Crippen LogP contribution >= 0.6 is 0 Å². The van der Waals surface area contributed by atoms with Crippen molar-refractivity contribution in [1.29, 1.82) is 0 Å². The van der Waals surface area contributed by atoms with Crippen LogP contribution in [0.1, 0.15) is 23.6 Å². The minimum Gasteiger partial charge on any atom is -0.315 e. The van der Waals surface area contributed by atoms with E-state index in [-0.39, 0.29) is 5.56 Å². The van der Waals surface area contributed by atoms with Gasteiger partial charge in [-0.15, -0.1) is 0 Å². The summed E-state index contributed by atoms with van der Waals surface area (Å²) in [6.07, 6.45) is 0. The molecule has 0 atom stereocenters. The molecule has 0 spiro atoms. The third-order valence-corrected chi connectivity index (χ3v) is 3.59. The van der Waals surface area contributed by atoms with Crippen LogP contribution in [0.5, 0.6) is 0 Å². The van der Waals surface area contributed by atoms with E-state index in [9.17, 15) is 4.79 Å². The molecule has 0 amide bonds. The first-order valence-electron chi connectivity index (χ1n) is 7.03. The minimum absolute atomic E-state index is 0.0966. The summed E-state index contributed by atoms with van der Waals surface area (Å²) >= 11 is 0. The Balaban J connectivity index is 2.63. The van der Waals surface area contributed by atoms with Gasteiger partial charge in [0, 0.05) is 24.2 Å². The van der Waals surface area contributed by atoms with Gasteiger partial charge in [-0.3, -0.25) is 4.79 Å². The number of aryl methyl sites for hydroxylation is 2. The number of benzene rings is 1. The molecular formula is C17H22N2O. The number of aromatic nitrogens is 1. The highest BCUT2D eigenvalue weighted by molar-refractivity contribution is 5.64. The quantitative estimate of drug-likeness (QED) is 0.927. The van der Waals surface area contributed by atoms with E-state index in [1.807, 2.05) is 24.6 Å². The fraction of sp³-hybridized carbons (Fsp3) is 0.353. The van der Waals surface area contributed by atoms with E-state index in [4.69, 9.17) is 0 Å². The molecule has 0 aliphatic heterocycles. The Labute approximate surface area is 120 Å². The first-order valence-corrected chi connectivity index (χ1v) is 7.03. The van der Waals surface area contributed by atoms with Crippen molar-refractivity contribution in [3.8, 4) is 11.3 Å². The van der Waals surface area contributed by atoms with Crippen LogP contribution < -0.4 is 10.9 Å². The second kappa shape index (κ2) is 6.06. The number of nitrogens with one attached hydrogen (secondary N) is 1. The molecule has 2 aromatic rings. The SMILES string of the molecule is CCn1c(-c2ccc(C)cc2C)ccc(CNC)c1=O. The lowest BCUT2D eigenvalue weighted by molar-refractivity contribution is 0.706. The Hall–Kier alpha value is -1.87. The second-order valence-electron chi connectivity index (χ2n) is 5.14. The lowest BCUT2D eigenvalue weighted by Crippen LogP contribution is -2.26. The van der Waals surface area contributed by atoms with Crippen molar-refractivity contribution in [3.63, 3.8) is 0 Å². The molecule has 3 nitrogen and oxygen atoms in total. The van der Waals surface area contributed by atoms with Crippen LogP contribution in [0, 0.1) is 13.8 Å². The molecule has 0 bridgehead atoms. The Morgan fingerprint density at radius 1 is 1.15 bits per heavy atom. The molecule has 1 N–H and O–H groups in total. The van der Waals surface area contributed by atoms with Crippen molar-refractivity contribution in [3.05, 3.63) is 57.4 Å². The summed E-state index contributed by atoms with van der Waals surface area (Å²) in [5.41, 5.74) is 5.47. The number of nitrogens with zero attached hydrogens (tertiary/aromatic N) is 1. The fourth-order valence-corrected chi connectivity index (χ4v) is 2.60. The van der Waals surface area contributed by atoms with Gasteiger partial charge < -0.3 is 9.88 Å². The van der Waals surface area contributed by atoms with Crippen LogP contribution in [-0.2, 0) is 13.1 Å². The molecule has 0 saturated carbocycles. The third kappa shape index (κ3) is 2.68. The van der Waals surface area contributed by atoms with Gasteiger partial charge in [-0.2, -0.15) is 0 Å². The summed E-state index contributed by atoms with van der Waals surface area (Å²) < 4.78 is 1.85. The van der Waals surface area contributed by atoms with E-state index in [2.05, 4.69) is 43.4 Å². The van der Waals surface area contributed by atoms with Crippen molar-refractivity contribution >= 4 is 0 Å². The van der Waals surface area contributed by atoms with Crippen LogP contribution in [0.2, 0.25) is 0 Å². The van der Waals surface area contributed by atoms with Crippen molar-refractivity contribution in [1.82, 2.24) is 9.88 Å². The summed E-state index contributed by atoms with van der Waals surface area (Å²) in [5, 5.41) is 3.04. The summed E-state index contributed by atoms with van der Waals surface area (Å²) in [7, 11) is 1.85. The number of pyridine rings is 1. The summed E-state index contributed by atoms with van der Waals surface area (Å²) in [5.74, 6) is 0. The van der Waals surface area contributed by atoms with Crippen LogP contribution in [0.15, 0.2) is 35.1 Å². The average Bonchev–Trinajstić information content (AvgIpc) is 2.41. The predicted molar refractivity (Wildman–Crippen MR) is 84.0 cm³/mol. The van der Waals surface area contributed by atoms with Crippen LogP contribution in [0.3, 0.4) is 0 Å². The highest BCUT2D eigenvalue weighted by Gasteiger charge is 2.10. The van der Waals surface area contributed by atoms with E-state index < -0.39 is 0 Å². The highest BCUT2D eigenvalue weighted by Crippen LogP contribution is 2.23. The summed E-state index contributed by atoms with van der Waals surface area (Å²) in [4.78, 5) is 12.5. The van der Waals surface area contributed by atoms with Crippen molar-refractivity contribution in [2.75, 3.05) is 7.05 Å². The molecule has 106 valence electrons. The Kier molecular flexibility index (Phi) is 4.40. The molecule has 1 aromatic carbocycles. The molecule has 1 heterocycles. The number of hydrogen-bond acceptors (Lipinski definition) is 2. The molecular weight excluding hydrogens is 248 g/mol. The van der Waals surface area contributed by atoms with Crippen LogP contribution in [0.4, 0.5) is 0 Å². The third-order valence-electron chi connectivity index (χ3n) is 3.59. The lowest BCUT2D eigenvalue weighted by atomic mass is 10.0. The van der Waals surface area contributed by atoms with Gasteiger partial charge in [0.15, 0.2) is 0 Å². The van der Waals surface area contributed by atoms with E-state index in [0.29, 0.717) is 13.1 Å². The van der Waals surface area contributed by atoms with Gasteiger partial charge in [0.05, 0.1) is 5.69 Å². The molecule has 0 fully saturated rings. The molecule has 0 aliphatic carbocycles. The Bertz CT molecular complexity index is 671. The maximum atomic E-state index is 12.5. The van der Waals surface area contributed by atoms with Crippen LogP contribution in [-0.4, -0.2) is 11.6 Å². The van der Waals surface area contributed by atoms with E-state index in [1.54, 1.807) is 0 Å². The monoisotopic (exact) mass is 270 g/mol. The topological polar surface area (TPSA) is 34.0 Å². The van der Waals surface area contributed by atoms with Gasteiger partial charge in [-0.1, -0.05) is 29.8 Å². The fourth-order valence-electron chi connectivity index (χ4n) is 2.60. The largest absolute Gasteiger partial charge is 0.315 e. The minimum atomic E-state index is 0.0966. The first kappa shape index (κ1) is 14.5. The van der Waals surface area contributed by atoms with Gasteiger partial charge in [0.1, 0.15) is 0 Å². The maximum absolute atomic E-state index is 12.5. The van der Waals surface area contributed by atoms with Gasteiger partial charge in [-0.25, -0.2) is 0 Å². The molecule has 1 aromatic heterocycles.